The number of hydrogen-bond donors (Lipinski definition) is 3. The number of nitrogens with two attached hydrogens (primary N) is 1. The smallest absolute Gasteiger partial charge is 0.368 e. The van der Waals surface area contributed by atoms with Crippen molar-refractivity contribution in [3.63, 3.8) is 0 Å². The summed E-state index contributed by atoms with van der Waals surface area (Å²) in [5, 5.41) is 4.82. The van der Waals surface area contributed by atoms with Gasteiger partial charge in [-0.25, -0.2) is 4.79 Å². The van der Waals surface area contributed by atoms with Crippen LogP contribution in [0, 0.1) is 0 Å². The largest absolute Gasteiger partial charge is 0.405 e. The molecule has 0 aromatic heterocycles. The van der Waals surface area contributed by atoms with Gasteiger partial charge < -0.3 is 21.3 Å². The van der Waals surface area contributed by atoms with Crippen molar-refractivity contribution in [1.29, 1.82) is 0 Å². The first kappa shape index (κ1) is 15.5. The number of carbonyl (C=O) groups is 2. The molecule has 1 fully saturated rings. The molecule has 0 atom stereocenters. The zero-order valence-corrected chi connectivity index (χ0v) is 10.3. The average Bonchev–Trinajstić information content (AvgIpc) is 2.33. The fraction of sp³-hybridized carbons (Fsp3) is 0.800. The number of urea groups is 1. The Morgan fingerprint density at radius 3 is 2.37 bits per heavy atom. The van der Waals surface area contributed by atoms with Gasteiger partial charge in [0.25, 0.3) is 0 Å². The van der Waals surface area contributed by atoms with Crippen molar-refractivity contribution < 1.29 is 22.8 Å². The highest BCUT2D eigenvalue weighted by atomic mass is 19.4. The number of halogens is 3. The fourth-order valence-corrected chi connectivity index (χ4v) is 1.93. The van der Waals surface area contributed by atoms with Crippen LogP contribution in [0.1, 0.15) is 12.8 Å². The molecule has 0 spiro atoms. The summed E-state index contributed by atoms with van der Waals surface area (Å²) in [5.41, 5.74) is 5.02. The van der Waals surface area contributed by atoms with Crippen molar-refractivity contribution in [3.8, 4) is 0 Å². The maximum Gasteiger partial charge on any atom is 0.405 e. The van der Waals surface area contributed by atoms with Crippen LogP contribution in [0.5, 0.6) is 0 Å². The molecule has 4 N–H and O–H groups in total. The van der Waals surface area contributed by atoms with Crippen LogP contribution in [0.4, 0.5) is 18.0 Å². The minimum Gasteiger partial charge on any atom is -0.368 e. The summed E-state index contributed by atoms with van der Waals surface area (Å²) in [4.78, 5) is 23.7. The molecule has 0 bridgehead atoms. The third-order valence-corrected chi connectivity index (χ3v) is 2.78. The Morgan fingerprint density at radius 1 is 1.32 bits per heavy atom. The average molecular weight is 282 g/mol. The highest BCUT2D eigenvalue weighted by molar-refractivity contribution is 5.83. The van der Waals surface area contributed by atoms with E-state index in [1.165, 1.54) is 0 Å². The van der Waals surface area contributed by atoms with Crippen LogP contribution in [0.3, 0.4) is 0 Å². The van der Waals surface area contributed by atoms with Gasteiger partial charge in [-0.1, -0.05) is 0 Å². The predicted molar refractivity (Wildman–Crippen MR) is 61.2 cm³/mol. The molecular formula is C10H17F3N4O2. The summed E-state index contributed by atoms with van der Waals surface area (Å²) in [5.74, 6) is -0.749. The van der Waals surface area contributed by atoms with Gasteiger partial charge in [0.2, 0.25) is 5.91 Å². The predicted octanol–water partition coefficient (Wildman–Crippen LogP) is -0.202. The van der Waals surface area contributed by atoms with Crippen LogP contribution in [-0.2, 0) is 4.79 Å². The van der Waals surface area contributed by atoms with Crippen LogP contribution < -0.4 is 16.4 Å². The van der Waals surface area contributed by atoms with Gasteiger partial charge in [0.05, 0.1) is 0 Å². The highest BCUT2D eigenvalue weighted by Crippen LogP contribution is 2.14. The van der Waals surface area contributed by atoms with Crippen molar-refractivity contribution >= 4 is 11.9 Å². The highest BCUT2D eigenvalue weighted by Gasteiger charge is 2.31. The standard InChI is InChI=1S/C10H17F3N4O2/c11-10(12,13)6-16-9(19)17(5-8(14)18)7-1-3-15-4-2-7/h7,15H,1-6H2,(H2,14,18)(H,16,19). The van der Waals surface area contributed by atoms with E-state index in [0.717, 1.165) is 4.90 Å². The Morgan fingerprint density at radius 2 is 1.89 bits per heavy atom. The molecule has 0 aromatic rings. The second-order valence-corrected chi connectivity index (χ2v) is 4.35. The van der Waals surface area contributed by atoms with Crippen molar-refractivity contribution in [2.24, 2.45) is 5.73 Å². The van der Waals surface area contributed by atoms with Crippen LogP contribution in [0.15, 0.2) is 0 Å². The number of hydrogen-bond acceptors (Lipinski definition) is 3. The lowest BCUT2D eigenvalue weighted by atomic mass is 10.1. The van der Waals surface area contributed by atoms with Gasteiger partial charge in [0.1, 0.15) is 13.1 Å². The Bertz CT molecular complexity index is 329. The first-order valence-corrected chi connectivity index (χ1v) is 5.90. The molecule has 1 saturated heterocycles. The lowest BCUT2D eigenvalue weighted by Gasteiger charge is -2.33. The van der Waals surface area contributed by atoms with Gasteiger partial charge in [-0.2, -0.15) is 13.2 Å². The number of rotatable bonds is 4. The van der Waals surface area contributed by atoms with E-state index in [9.17, 15) is 22.8 Å². The maximum absolute atomic E-state index is 12.0. The van der Waals surface area contributed by atoms with Gasteiger partial charge in [-0.15, -0.1) is 0 Å². The van der Waals surface area contributed by atoms with E-state index in [1.807, 2.05) is 0 Å². The normalized spacial score (nSPS) is 17.0. The first-order chi connectivity index (χ1) is 8.79. The molecule has 110 valence electrons. The molecular weight excluding hydrogens is 265 g/mol. The van der Waals surface area contributed by atoms with Gasteiger partial charge in [-0.05, 0) is 25.9 Å². The van der Waals surface area contributed by atoms with Gasteiger partial charge >= 0.3 is 12.2 Å². The second kappa shape index (κ2) is 6.60. The summed E-state index contributed by atoms with van der Waals surface area (Å²) in [6, 6.07) is -1.19. The molecule has 1 rings (SSSR count). The van der Waals surface area contributed by atoms with Gasteiger partial charge in [-0.3, -0.25) is 4.79 Å². The molecule has 1 aliphatic heterocycles. The number of nitrogens with zero attached hydrogens (tertiary/aromatic N) is 1. The van der Waals surface area contributed by atoms with E-state index >= 15 is 0 Å². The molecule has 0 unspecified atom stereocenters. The van der Waals surface area contributed by atoms with E-state index < -0.39 is 24.7 Å². The number of carbonyl (C=O) groups excluding carboxylic acids is 2. The molecule has 19 heavy (non-hydrogen) atoms. The molecule has 9 heteroatoms. The molecule has 0 saturated carbocycles. The fourth-order valence-electron chi connectivity index (χ4n) is 1.93. The molecule has 0 radical (unpaired) electrons. The molecule has 0 aliphatic carbocycles. The molecule has 3 amide bonds. The third-order valence-electron chi connectivity index (χ3n) is 2.78. The van der Waals surface area contributed by atoms with Crippen LogP contribution in [-0.4, -0.2) is 55.2 Å². The van der Waals surface area contributed by atoms with E-state index in [2.05, 4.69) is 5.32 Å². The third kappa shape index (κ3) is 5.77. The number of alkyl halides is 3. The molecule has 6 nitrogen and oxygen atoms in total. The molecule has 1 aliphatic rings. The monoisotopic (exact) mass is 282 g/mol. The molecule has 1 heterocycles. The van der Waals surface area contributed by atoms with Crippen LogP contribution in [0.2, 0.25) is 0 Å². The minimum absolute atomic E-state index is 0.276. The second-order valence-electron chi connectivity index (χ2n) is 4.35. The Kier molecular flexibility index (Phi) is 5.40. The SMILES string of the molecule is NC(=O)CN(C(=O)NCC(F)(F)F)C1CCNCC1. The van der Waals surface area contributed by atoms with Gasteiger partial charge in [0, 0.05) is 6.04 Å². The van der Waals surface area contributed by atoms with Crippen LogP contribution >= 0.6 is 0 Å². The summed E-state index contributed by atoms with van der Waals surface area (Å²) >= 11 is 0. The Labute approximate surface area is 108 Å². The number of primary amides is 1. The van der Waals surface area contributed by atoms with E-state index in [1.54, 1.807) is 5.32 Å². The number of amides is 3. The van der Waals surface area contributed by atoms with E-state index in [0.29, 0.717) is 25.9 Å². The van der Waals surface area contributed by atoms with Crippen molar-refractivity contribution in [1.82, 2.24) is 15.5 Å². The number of piperidine rings is 1. The maximum atomic E-state index is 12.0. The zero-order chi connectivity index (χ0) is 14.5. The quantitative estimate of drug-likeness (QED) is 0.667. The van der Waals surface area contributed by atoms with Crippen molar-refractivity contribution in [3.05, 3.63) is 0 Å². The van der Waals surface area contributed by atoms with Gasteiger partial charge in [0.15, 0.2) is 0 Å². The minimum atomic E-state index is -4.48. The summed E-state index contributed by atoms with van der Waals surface area (Å²) in [6.07, 6.45) is -3.33. The number of nitrogens with one attached hydrogen (secondary N) is 2. The Balaban J connectivity index is 2.61. The lowest BCUT2D eigenvalue weighted by molar-refractivity contribution is -0.123. The topological polar surface area (TPSA) is 87.5 Å². The van der Waals surface area contributed by atoms with Crippen molar-refractivity contribution in [2.45, 2.75) is 25.1 Å². The van der Waals surface area contributed by atoms with Crippen molar-refractivity contribution in [2.75, 3.05) is 26.2 Å². The summed E-state index contributed by atoms with van der Waals surface area (Å²) in [7, 11) is 0. The van der Waals surface area contributed by atoms with E-state index in [4.69, 9.17) is 5.73 Å². The van der Waals surface area contributed by atoms with Crippen LogP contribution in [0.25, 0.3) is 0 Å². The lowest BCUT2D eigenvalue weighted by Crippen LogP contribution is -2.53. The van der Waals surface area contributed by atoms with E-state index in [-0.39, 0.29) is 12.6 Å². The Hall–Kier alpha value is -1.51. The first-order valence-electron chi connectivity index (χ1n) is 5.90. The summed E-state index contributed by atoms with van der Waals surface area (Å²) < 4.78 is 36.1. The zero-order valence-electron chi connectivity index (χ0n) is 10.3. The molecule has 0 aromatic carbocycles. The summed E-state index contributed by atoms with van der Waals surface area (Å²) in [6.45, 7) is -0.515.